The second-order valence-electron chi connectivity index (χ2n) is 4.65. The number of rotatable bonds is 8. The Hall–Kier alpha value is -1.83. The Bertz CT molecular complexity index is 589. The first-order valence-corrected chi connectivity index (χ1v) is 8.08. The second-order valence-corrected chi connectivity index (χ2v) is 5.76. The Kier molecular flexibility index (Phi) is 6.45. The molecule has 118 valence electrons. The Labute approximate surface area is 133 Å². The van der Waals surface area contributed by atoms with Crippen LogP contribution in [0.2, 0.25) is 0 Å². The molecule has 0 bridgehead atoms. The monoisotopic (exact) mass is 321 g/mol. The fourth-order valence-electron chi connectivity index (χ4n) is 1.73. The van der Waals surface area contributed by atoms with Gasteiger partial charge in [-0.15, -0.1) is 0 Å². The van der Waals surface area contributed by atoms with Gasteiger partial charge in [-0.3, -0.25) is 4.79 Å². The number of oxazole rings is 1. The zero-order valence-electron chi connectivity index (χ0n) is 12.1. The number of thioether (sulfide) groups is 1. The van der Waals surface area contributed by atoms with Gasteiger partial charge in [0.25, 0.3) is 5.91 Å². The maximum absolute atomic E-state index is 11.9. The minimum Gasteiger partial charge on any atom is -0.446 e. The summed E-state index contributed by atoms with van der Waals surface area (Å²) in [5.41, 5.74) is 7.00. The molecule has 7 heteroatoms. The molecule has 1 aromatic carbocycles. The summed E-state index contributed by atoms with van der Waals surface area (Å²) in [7, 11) is 0. The second kappa shape index (κ2) is 8.57. The van der Waals surface area contributed by atoms with Crippen molar-refractivity contribution in [3.05, 3.63) is 53.7 Å². The Morgan fingerprint density at radius 3 is 2.91 bits per heavy atom. The van der Waals surface area contributed by atoms with Crippen molar-refractivity contribution in [1.29, 1.82) is 0 Å². The zero-order valence-corrected chi connectivity index (χ0v) is 12.9. The first kappa shape index (κ1) is 16.5. The van der Waals surface area contributed by atoms with E-state index in [-0.39, 0.29) is 24.1 Å². The van der Waals surface area contributed by atoms with Gasteiger partial charge in [-0.1, -0.05) is 30.3 Å². The van der Waals surface area contributed by atoms with Crippen molar-refractivity contribution in [2.24, 2.45) is 5.73 Å². The van der Waals surface area contributed by atoms with E-state index in [4.69, 9.17) is 15.3 Å². The Balaban J connectivity index is 1.68. The summed E-state index contributed by atoms with van der Waals surface area (Å²) in [6.45, 7) is 0.266. The standard InChI is InChI=1S/C15H19N3O3S/c16-12(8-19)15-18-13(9-21-15)14(20)17-6-7-22-10-11-4-2-1-3-5-11/h1-5,9,12,19H,6-8,10,16H2,(H,17,20). The highest BCUT2D eigenvalue weighted by atomic mass is 32.2. The van der Waals surface area contributed by atoms with Gasteiger partial charge in [-0.05, 0) is 5.56 Å². The molecule has 0 radical (unpaired) electrons. The third kappa shape index (κ3) is 4.87. The van der Waals surface area contributed by atoms with Crippen LogP contribution in [0.25, 0.3) is 0 Å². The lowest BCUT2D eigenvalue weighted by Gasteiger charge is -2.03. The molecule has 1 amide bonds. The van der Waals surface area contributed by atoms with Gasteiger partial charge >= 0.3 is 0 Å². The van der Waals surface area contributed by atoms with Gasteiger partial charge in [0.05, 0.1) is 6.61 Å². The molecular formula is C15H19N3O3S. The van der Waals surface area contributed by atoms with Gasteiger partial charge in [-0.2, -0.15) is 11.8 Å². The number of carbonyl (C=O) groups excluding carboxylic acids is 1. The molecule has 0 saturated heterocycles. The number of aromatic nitrogens is 1. The van der Waals surface area contributed by atoms with Crippen LogP contribution in [-0.2, 0) is 5.75 Å². The quantitative estimate of drug-likeness (QED) is 0.634. The van der Waals surface area contributed by atoms with E-state index in [9.17, 15) is 4.79 Å². The van der Waals surface area contributed by atoms with Crippen molar-refractivity contribution in [3.8, 4) is 0 Å². The average molecular weight is 321 g/mol. The summed E-state index contributed by atoms with van der Waals surface area (Å²) in [5, 5.41) is 11.7. The van der Waals surface area contributed by atoms with Gasteiger partial charge in [0.2, 0.25) is 5.89 Å². The lowest BCUT2D eigenvalue weighted by atomic mass is 10.2. The number of amides is 1. The number of nitrogens with zero attached hydrogens (tertiary/aromatic N) is 1. The van der Waals surface area contributed by atoms with Crippen LogP contribution >= 0.6 is 11.8 Å². The summed E-state index contributed by atoms with van der Waals surface area (Å²) in [6.07, 6.45) is 1.25. The molecule has 6 nitrogen and oxygen atoms in total. The topological polar surface area (TPSA) is 101 Å². The molecule has 2 aromatic rings. The molecule has 4 N–H and O–H groups in total. The summed E-state index contributed by atoms with van der Waals surface area (Å²) < 4.78 is 5.06. The largest absolute Gasteiger partial charge is 0.446 e. The molecule has 0 saturated carbocycles. The van der Waals surface area contributed by atoms with E-state index in [1.807, 2.05) is 18.2 Å². The highest BCUT2D eigenvalue weighted by Gasteiger charge is 2.15. The van der Waals surface area contributed by atoms with Gasteiger partial charge in [0.1, 0.15) is 12.3 Å². The van der Waals surface area contributed by atoms with E-state index in [0.29, 0.717) is 6.54 Å². The zero-order chi connectivity index (χ0) is 15.8. The molecule has 22 heavy (non-hydrogen) atoms. The molecule has 1 atom stereocenters. The van der Waals surface area contributed by atoms with E-state index in [0.717, 1.165) is 11.5 Å². The van der Waals surface area contributed by atoms with Crippen molar-refractivity contribution < 1.29 is 14.3 Å². The number of nitrogens with one attached hydrogen (secondary N) is 1. The number of hydrogen-bond acceptors (Lipinski definition) is 6. The minimum absolute atomic E-state index is 0.158. The summed E-state index contributed by atoms with van der Waals surface area (Å²) in [6, 6.07) is 9.46. The number of aliphatic hydroxyl groups is 1. The fraction of sp³-hybridized carbons (Fsp3) is 0.333. The number of hydrogen-bond donors (Lipinski definition) is 3. The predicted octanol–water partition coefficient (Wildman–Crippen LogP) is 1.33. The van der Waals surface area contributed by atoms with E-state index in [1.54, 1.807) is 11.8 Å². The van der Waals surface area contributed by atoms with Crippen molar-refractivity contribution in [1.82, 2.24) is 10.3 Å². The van der Waals surface area contributed by atoms with Crippen molar-refractivity contribution in [2.45, 2.75) is 11.8 Å². The lowest BCUT2D eigenvalue weighted by molar-refractivity contribution is 0.0951. The number of carbonyl (C=O) groups is 1. The van der Waals surface area contributed by atoms with E-state index in [1.165, 1.54) is 11.8 Å². The van der Waals surface area contributed by atoms with Crippen molar-refractivity contribution >= 4 is 17.7 Å². The number of nitrogens with two attached hydrogens (primary N) is 1. The molecule has 0 spiro atoms. The molecule has 1 aromatic heterocycles. The average Bonchev–Trinajstić information content (AvgIpc) is 3.04. The molecule has 0 aliphatic carbocycles. The first-order valence-electron chi connectivity index (χ1n) is 6.92. The Morgan fingerprint density at radius 1 is 1.41 bits per heavy atom. The van der Waals surface area contributed by atoms with E-state index >= 15 is 0 Å². The molecular weight excluding hydrogens is 302 g/mol. The van der Waals surface area contributed by atoms with Crippen LogP contribution in [0.15, 0.2) is 41.0 Å². The van der Waals surface area contributed by atoms with Gasteiger partial charge in [0, 0.05) is 18.1 Å². The first-order chi connectivity index (χ1) is 10.7. The maximum Gasteiger partial charge on any atom is 0.273 e. The third-order valence-corrected chi connectivity index (χ3v) is 3.94. The van der Waals surface area contributed by atoms with Gasteiger partial charge < -0.3 is 20.6 Å². The van der Waals surface area contributed by atoms with Crippen LogP contribution in [0.4, 0.5) is 0 Å². The van der Waals surface area contributed by atoms with Crippen LogP contribution in [0.5, 0.6) is 0 Å². The molecule has 0 aliphatic heterocycles. The van der Waals surface area contributed by atoms with E-state index < -0.39 is 6.04 Å². The van der Waals surface area contributed by atoms with Crippen LogP contribution in [0.3, 0.4) is 0 Å². The van der Waals surface area contributed by atoms with Crippen LogP contribution in [0.1, 0.15) is 28.0 Å². The van der Waals surface area contributed by atoms with Gasteiger partial charge in [0.15, 0.2) is 5.69 Å². The van der Waals surface area contributed by atoms with Crippen LogP contribution < -0.4 is 11.1 Å². The highest BCUT2D eigenvalue weighted by molar-refractivity contribution is 7.98. The van der Waals surface area contributed by atoms with Crippen LogP contribution in [0, 0.1) is 0 Å². The Morgan fingerprint density at radius 2 is 2.18 bits per heavy atom. The van der Waals surface area contributed by atoms with E-state index in [2.05, 4.69) is 22.4 Å². The SMILES string of the molecule is NC(CO)c1nc(C(=O)NCCSCc2ccccc2)co1. The minimum atomic E-state index is -0.706. The predicted molar refractivity (Wildman–Crippen MR) is 85.5 cm³/mol. The fourth-order valence-corrected chi connectivity index (χ4v) is 2.55. The normalized spacial score (nSPS) is 12.1. The molecule has 0 aliphatic rings. The van der Waals surface area contributed by atoms with Crippen LogP contribution in [-0.4, -0.2) is 34.9 Å². The molecule has 2 rings (SSSR count). The molecule has 0 fully saturated rings. The highest BCUT2D eigenvalue weighted by Crippen LogP contribution is 2.11. The molecule has 1 heterocycles. The van der Waals surface area contributed by atoms with Crippen molar-refractivity contribution in [2.75, 3.05) is 18.9 Å². The summed E-state index contributed by atoms with van der Waals surface area (Å²) in [4.78, 5) is 15.8. The number of benzene rings is 1. The lowest BCUT2D eigenvalue weighted by Crippen LogP contribution is -2.26. The van der Waals surface area contributed by atoms with Gasteiger partial charge in [-0.25, -0.2) is 4.98 Å². The maximum atomic E-state index is 11.9. The summed E-state index contributed by atoms with van der Waals surface area (Å²) >= 11 is 1.75. The van der Waals surface area contributed by atoms with Crippen molar-refractivity contribution in [3.63, 3.8) is 0 Å². The smallest absolute Gasteiger partial charge is 0.273 e. The third-order valence-electron chi connectivity index (χ3n) is 2.91. The number of aliphatic hydroxyl groups excluding tert-OH is 1. The molecule has 1 unspecified atom stereocenters. The summed E-state index contributed by atoms with van der Waals surface area (Å²) in [5.74, 6) is 1.57.